The van der Waals surface area contributed by atoms with Gasteiger partial charge < -0.3 is 5.11 Å². The highest BCUT2D eigenvalue weighted by Crippen LogP contribution is 2.41. The van der Waals surface area contributed by atoms with Gasteiger partial charge in [-0.05, 0) is 31.0 Å². The molecule has 3 aromatic heterocycles. The molecule has 0 spiro atoms. The summed E-state index contributed by atoms with van der Waals surface area (Å²) in [6.45, 7) is 0. The van der Waals surface area contributed by atoms with Crippen molar-refractivity contribution in [3.05, 3.63) is 59.4 Å². The second kappa shape index (κ2) is 7.98. The van der Waals surface area contributed by atoms with Crippen LogP contribution >= 0.6 is 0 Å². The number of hydrogen-bond acceptors (Lipinski definition) is 5. The van der Waals surface area contributed by atoms with Gasteiger partial charge in [-0.1, -0.05) is 6.07 Å². The largest absolute Gasteiger partial charge is 0.478 e. The molecule has 33 heavy (non-hydrogen) atoms. The van der Waals surface area contributed by atoms with E-state index >= 15 is 0 Å². The van der Waals surface area contributed by atoms with Crippen LogP contribution in [0.4, 0.5) is 26.3 Å². The lowest BCUT2D eigenvalue weighted by Gasteiger charge is -2.09. The van der Waals surface area contributed by atoms with Gasteiger partial charge in [0.05, 0.1) is 5.57 Å². The van der Waals surface area contributed by atoms with E-state index in [1.807, 2.05) is 0 Å². The van der Waals surface area contributed by atoms with Crippen LogP contribution in [0.15, 0.2) is 36.8 Å². The molecule has 0 radical (unpaired) electrons. The standard InChI is InChI=1S/C20H13F6N5O2/c21-19(22,23)15-4-3-11(7-27-15)13(18(32)33)8-31-9-28-17(30-31)12-5-14(10-1-2-10)29-16(6-12)20(24,25)26/h3-10H,1-2H2,(H,32,33)/b13-8+. The molecule has 1 N–H and O–H groups in total. The fourth-order valence-corrected chi connectivity index (χ4v) is 2.99. The Labute approximate surface area is 181 Å². The Morgan fingerprint density at radius 3 is 2.27 bits per heavy atom. The van der Waals surface area contributed by atoms with Crippen molar-refractivity contribution in [2.45, 2.75) is 31.1 Å². The Morgan fingerprint density at radius 1 is 1.03 bits per heavy atom. The van der Waals surface area contributed by atoms with Crippen LogP contribution in [0.1, 0.15) is 41.4 Å². The van der Waals surface area contributed by atoms with E-state index in [1.54, 1.807) is 0 Å². The van der Waals surface area contributed by atoms with Crippen LogP contribution in [-0.2, 0) is 17.1 Å². The van der Waals surface area contributed by atoms with E-state index in [0.29, 0.717) is 6.07 Å². The zero-order chi connectivity index (χ0) is 24.0. The first-order chi connectivity index (χ1) is 15.4. The Morgan fingerprint density at radius 2 is 1.73 bits per heavy atom. The molecule has 7 nitrogen and oxygen atoms in total. The fraction of sp³-hybridized carbons (Fsp3) is 0.250. The predicted molar refractivity (Wildman–Crippen MR) is 101 cm³/mol. The molecular formula is C20H13F6N5O2. The molecule has 0 bridgehead atoms. The fourth-order valence-electron chi connectivity index (χ4n) is 2.99. The number of carbonyl (C=O) groups is 1. The summed E-state index contributed by atoms with van der Waals surface area (Å²) >= 11 is 0. The first-order valence-corrected chi connectivity index (χ1v) is 9.41. The number of pyridine rings is 2. The quantitative estimate of drug-likeness (QED) is 0.429. The summed E-state index contributed by atoms with van der Waals surface area (Å²) < 4.78 is 78.7. The van der Waals surface area contributed by atoms with Gasteiger partial charge in [-0.3, -0.25) is 4.98 Å². The number of rotatable bonds is 5. The molecule has 1 aliphatic carbocycles. The van der Waals surface area contributed by atoms with Gasteiger partial charge in [-0.15, -0.1) is 5.10 Å². The molecule has 3 aromatic rings. The van der Waals surface area contributed by atoms with E-state index in [0.717, 1.165) is 48.4 Å². The van der Waals surface area contributed by atoms with Crippen LogP contribution in [-0.4, -0.2) is 35.8 Å². The van der Waals surface area contributed by atoms with Crippen molar-refractivity contribution < 1.29 is 36.2 Å². The lowest BCUT2D eigenvalue weighted by molar-refractivity contribution is -0.142. The monoisotopic (exact) mass is 469 g/mol. The summed E-state index contributed by atoms with van der Waals surface area (Å²) in [5, 5.41) is 13.5. The molecular weight excluding hydrogens is 456 g/mol. The van der Waals surface area contributed by atoms with Crippen molar-refractivity contribution in [1.29, 1.82) is 0 Å². The number of carboxylic acids is 1. The third-order valence-electron chi connectivity index (χ3n) is 4.75. The zero-order valence-corrected chi connectivity index (χ0v) is 16.4. The smallest absolute Gasteiger partial charge is 0.433 e. The Kier molecular flexibility index (Phi) is 5.42. The molecule has 3 heterocycles. The third kappa shape index (κ3) is 5.02. The Bertz CT molecular complexity index is 1230. The summed E-state index contributed by atoms with van der Waals surface area (Å²) in [6, 6.07) is 3.82. The Balaban J connectivity index is 1.68. The second-order valence-electron chi connectivity index (χ2n) is 7.26. The van der Waals surface area contributed by atoms with Crippen LogP contribution in [0, 0.1) is 0 Å². The zero-order valence-electron chi connectivity index (χ0n) is 16.4. The molecule has 1 saturated carbocycles. The number of aliphatic carboxylic acids is 1. The average Bonchev–Trinajstić information content (AvgIpc) is 3.48. The number of halogens is 6. The highest BCUT2D eigenvalue weighted by atomic mass is 19.4. The van der Waals surface area contributed by atoms with Crippen molar-refractivity contribution in [2.75, 3.05) is 0 Å². The summed E-state index contributed by atoms with van der Waals surface area (Å²) in [7, 11) is 0. The van der Waals surface area contributed by atoms with Gasteiger partial charge in [0.15, 0.2) is 5.82 Å². The number of nitrogens with zero attached hydrogens (tertiary/aromatic N) is 5. The van der Waals surface area contributed by atoms with Crippen molar-refractivity contribution in [3.8, 4) is 11.4 Å². The van der Waals surface area contributed by atoms with Crippen LogP contribution in [0.2, 0.25) is 0 Å². The number of carboxylic acid groups (broad SMARTS) is 1. The van der Waals surface area contributed by atoms with Crippen LogP contribution in [0.3, 0.4) is 0 Å². The van der Waals surface area contributed by atoms with Crippen molar-refractivity contribution >= 4 is 17.7 Å². The van der Waals surface area contributed by atoms with E-state index in [2.05, 4.69) is 20.1 Å². The molecule has 0 aliphatic heterocycles. The maximum atomic E-state index is 13.2. The molecule has 13 heteroatoms. The molecule has 1 aliphatic rings. The van der Waals surface area contributed by atoms with E-state index in [9.17, 15) is 36.2 Å². The van der Waals surface area contributed by atoms with Gasteiger partial charge in [0.25, 0.3) is 0 Å². The first-order valence-electron chi connectivity index (χ1n) is 9.41. The number of hydrogen-bond donors (Lipinski definition) is 1. The highest BCUT2D eigenvalue weighted by Gasteiger charge is 2.36. The summed E-state index contributed by atoms with van der Waals surface area (Å²) in [6.07, 6.45) is -5.12. The Hall–Kier alpha value is -3.77. The SMILES string of the molecule is O=C(O)/C(=C/n1cnc(-c2cc(C3CC3)nc(C(F)(F)F)c2)n1)c1ccc(C(F)(F)F)nc1. The van der Waals surface area contributed by atoms with Crippen LogP contribution in [0.5, 0.6) is 0 Å². The summed E-state index contributed by atoms with van der Waals surface area (Å²) in [4.78, 5) is 22.5. The summed E-state index contributed by atoms with van der Waals surface area (Å²) in [5.74, 6) is -1.65. The minimum absolute atomic E-state index is 0.0550. The molecule has 0 atom stereocenters. The average molecular weight is 469 g/mol. The van der Waals surface area contributed by atoms with E-state index in [1.165, 1.54) is 6.07 Å². The minimum Gasteiger partial charge on any atom is -0.478 e. The maximum absolute atomic E-state index is 13.2. The van der Waals surface area contributed by atoms with Gasteiger partial charge in [0.1, 0.15) is 17.7 Å². The molecule has 172 valence electrons. The van der Waals surface area contributed by atoms with Gasteiger partial charge in [-0.25, -0.2) is 19.4 Å². The highest BCUT2D eigenvalue weighted by molar-refractivity contribution is 6.19. The van der Waals surface area contributed by atoms with Crippen LogP contribution < -0.4 is 0 Å². The number of aromatic nitrogens is 5. The molecule has 4 rings (SSSR count). The van der Waals surface area contributed by atoms with Crippen molar-refractivity contribution in [1.82, 2.24) is 24.7 Å². The molecule has 0 unspecified atom stereocenters. The minimum atomic E-state index is -4.69. The van der Waals surface area contributed by atoms with E-state index in [4.69, 9.17) is 0 Å². The van der Waals surface area contributed by atoms with Gasteiger partial charge in [0.2, 0.25) is 0 Å². The molecule has 0 saturated heterocycles. The van der Waals surface area contributed by atoms with Gasteiger partial charge in [0, 0.05) is 35.1 Å². The lowest BCUT2D eigenvalue weighted by atomic mass is 10.1. The van der Waals surface area contributed by atoms with Gasteiger partial charge in [-0.2, -0.15) is 26.3 Å². The van der Waals surface area contributed by atoms with Gasteiger partial charge >= 0.3 is 18.3 Å². The normalized spacial score (nSPS) is 15.0. The lowest BCUT2D eigenvalue weighted by Crippen LogP contribution is -2.10. The van der Waals surface area contributed by atoms with Crippen molar-refractivity contribution in [2.24, 2.45) is 0 Å². The number of alkyl halides is 6. The molecule has 1 fully saturated rings. The topological polar surface area (TPSA) is 93.8 Å². The van der Waals surface area contributed by atoms with E-state index < -0.39 is 35.3 Å². The van der Waals surface area contributed by atoms with E-state index in [-0.39, 0.29) is 28.6 Å². The third-order valence-corrected chi connectivity index (χ3v) is 4.75. The summed E-state index contributed by atoms with van der Waals surface area (Å²) in [5.41, 5.74) is -2.53. The maximum Gasteiger partial charge on any atom is 0.433 e. The van der Waals surface area contributed by atoms with Crippen molar-refractivity contribution in [3.63, 3.8) is 0 Å². The molecule has 0 amide bonds. The second-order valence-corrected chi connectivity index (χ2v) is 7.26. The predicted octanol–water partition coefficient (Wildman–Crippen LogP) is 4.73. The first kappa shape index (κ1) is 22.4. The molecule has 0 aromatic carbocycles. The van der Waals surface area contributed by atoms with Crippen LogP contribution in [0.25, 0.3) is 23.2 Å².